The van der Waals surface area contributed by atoms with Crippen molar-refractivity contribution < 1.29 is 4.39 Å². The summed E-state index contributed by atoms with van der Waals surface area (Å²) in [7, 11) is 0. The minimum atomic E-state index is -0.252. The van der Waals surface area contributed by atoms with E-state index in [2.05, 4.69) is 15.2 Å². The summed E-state index contributed by atoms with van der Waals surface area (Å²) in [4.78, 5) is 4.25. The van der Waals surface area contributed by atoms with Gasteiger partial charge in [0.15, 0.2) is 0 Å². The minimum absolute atomic E-state index is 0.252. The van der Waals surface area contributed by atoms with Crippen molar-refractivity contribution in [2.75, 3.05) is 0 Å². The van der Waals surface area contributed by atoms with Crippen molar-refractivity contribution in [3.8, 4) is 22.4 Å². The molecule has 5 heteroatoms. The van der Waals surface area contributed by atoms with E-state index in [1.54, 1.807) is 18.3 Å². The van der Waals surface area contributed by atoms with Crippen LogP contribution in [0.1, 0.15) is 5.69 Å². The van der Waals surface area contributed by atoms with Crippen LogP contribution in [-0.4, -0.2) is 19.6 Å². The Balaban J connectivity index is 1.91. The minimum Gasteiger partial charge on any atom is -0.306 e. The van der Waals surface area contributed by atoms with Crippen molar-refractivity contribution in [2.24, 2.45) is 0 Å². The molecule has 4 aromatic rings. The number of nitrogens with zero attached hydrogens (tertiary/aromatic N) is 3. The normalized spacial score (nSPS) is 11.2. The highest BCUT2D eigenvalue weighted by atomic mass is 19.1. The summed E-state index contributed by atoms with van der Waals surface area (Å²) in [5.41, 5.74) is 5.62. The summed E-state index contributed by atoms with van der Waals surface area (Å²) < 4.78 is 15.1. The molecule has 0 saturated carbocycles. The van der Waals surface area contributed by atoms with Crippen LogP contribution in [0.4, 0.5) is 4.39 Å². The van der Waals surface area contributed by atoms with E-state index in [9.17, 15) is 4.39 Å². The molecule has 4 rings (SSSR count). The monoisotopic (exact) mass is 292 g/mol. The van der Waals surface area contributed by atoms with Gasteiger partial charge in [0.25, 0.3) is 0 Å². The van der Waals surface area contributed by atoms with Gasteiger partial charge in [-0.05, 0) is 43.3 Å². The van der Waals surface area contributed by atoms with E-state index >= 15 is 0 Å². The van der Waals surface area contributed by atoms with Crippen LogP contribution in [0.25, 0.3) is 28.0 Å². The average Bonchev–Trinajstić information content (AvgIpc) is 3.13. The average molecular weight is 292 g/mol. The molecule has 0 aliphatic carbocycles. The first-order valence-corrected chi connectivity index (χ1v) is 6.96. The van der Waals surface area contributed by atoms with Crippen LogP contribution in [0.2, 0.25) is 0 Å². The van der Waals surface area contributed by atoms with Gasteiger partial charge in [-0.3, -0.25) is 5.10 Å². The van der Waals surface area contributed by atoms with Gasteiger partial charge in [-0.1, -0.05) is 0 Å². The van der Waals surface area contributed by atoms with E-state index in [-0.39, 0.29) is 5.82 Å². The van der Waals surface area contributed by atoms with E-state index in [0.29, 0.717) is 0 Å². The number of aromatic nitrogens is 4. The lowest BCUT2D eigenvalue weighted by atomic mass is 10.0. The lowest BCUT2D eigenvalue weighted by molar-refractivity contribution is 0.628. The molecule has 108 valence electrons. The van der Waals surface area contributed by atoms with E-state index in [0.717, 1.165) is 33.7 Å². The molecule has 4 nitrogen and oxygen atoms in total. The van der Waals surface area contributed by atoms with Gasteiger partial charge >= 0.3 is 0 Å². The number of aromatic amines is 1. The third-order valence-electron chi connectivity index (χ3n) is 3.74. The van der Waals surface area contributed by atoms with Gasteiger partial charge < -0.3 is 4.40 Å². The van der Waals surface area contributed by atoms with Gasteiger partial charge in [0.1, 0.15) is 17.2 Å². The topological polar surface area (TPSA) is 46.0 Å². The molecule has 3 heterocycles. The lowest BCUT2D eigenvalue weighted by Crippen LogP contribution is -1.89. The molecular formula is C17H13FN4. The number of nitrogens with one attached hydrogen (secondary N) is 1. The summed E-state index contributed by atoms with van der Waals surface area (Å²) in [6.07, 6.45) is 5.70. The standard InChI is InChI=1S/C17H13FN4/c1-11-16(13-4-7-15-19-8-9-22(15)10-13)17(21-20-11)12-2-5-14(18)6-3-12/h2-10H,1H3,(H,20,21). The summed E-state index contributed by atoms with van der Waals surface area (Å²) in [6.45, 7) is 1.98. The first kappa shape index (κ1) is 12.8. The molecule has 0 spiro atoms. The van der Waals surface area contributed by atoms with Crippen molar-refractivity contribution >= 4 is 5.65 Å². The molecule has 0 bridgehead atoms. The molecule has 0 fully saturated rings. The highest BCUT2D eigenvalue weighted by Gasteiger charge is 2.15. The summed E-state index contributed by atoms with van der Waals surface area (Å²) >= 11 is 0. The zero-order valence-corrected chi connectivity index (χ0v) is 11.9. The third kappa shape index (κ3) is 1.98. The Labute approximate surface area is 126 Å². The second kappa shape index (κ2) is 4.80. The second-order valence-electron chi connectivity index (χ2n) is 5.19. The van der Waals surface area contributed by atoms with E-state index in [1.807, 2.05) is 35.9 Å². The maximum Gasteiger partial charge on any atom is 0.136 e. The van der Waals surface area contributed by atoms with Crippen molar-refractivity contribution in [3.05, 3.63) is 66.5 Å². The number of fused-ring (bicyclic) bond motifs is 1. The molecule has 0 aliphatic heterocycles. The summed E-state index contributed by atoms with van der Waals surface area (Å²) in [6, 6.07) is 10.4. The summed E-state index contributed by atoms with van der Waals surface area (Å²) in [5.74, 6) is -0.252. The number of hydrogen-bond acceptors (Lipinski definition) is 2. The smallest absolute Gasteiger partial charge is 0.136 e. The van der Waals surface area contributed by atoms with Crippen LogP contribution in [0, 0.1) is 12.7 Å². The van der Waals surface area contributed by atoms with Crippen molar-refractivity contribution in [2.45, 2.75) is 6.92 Å². The number of rotatable bonds is 2. The number of imidazole rings is 1. The SMILES string of the molecule is Cc1[nH]nc(-c2ccc(F)cc2)c1-c1ccc2nccn2c1. The molecule has 3 aromatic heterocycles. The number of benzene rings is 1. The predicted octanol–water partition coefficient (Wildman–Crippen LogP) is 3.84. The fraction of sp³-hybridized carbons (Fsp3) is 0.0588. The molecule has 0 aliphatic rings. The number of H-pyrrole nitrogens is 1. The van der Waals surface area contributed by atoms with Crippen molar-refractivity contribution in [1.29, 1.82) is 0 Å². The Hall–Kier alpha value is -2.95. The van der Waals surface area contributed by atoms with Gasteiger partial charge in [0.2, 0.25) is 0 Å². The Bertz CT molecular complexity index is 950. The van der Waals surface area contributed by atoms with Gasteiger partial charge in [-0.2, -0.15) is 5.10 Å². The number of aryl methyl sites for hydroxylation is 1. The highest BCUT2D eigenvalue weighted by molar-refractivity contribution is 5.82. The molecule has 0 atom stereocenters. The van der Waals surface area contributed by atoms with E-state index in [4.69, 9.17) is 0 Å². The highest BCUT2D eigenvalue weighted by Crippen LogP contribution is 2.33. The number of hydrogen-bond donors (Lipinski definition) is 1. The van der Waals surface area contributed by atoms with Crippen molar-refractivity contribution in [3.63, 3.8) is 0 Å². The quantitative estimate of drug-likeness (QED) is 0.610. The molecule has 0 amide bonds. The van der Waals surface area contributed by atoms with Gasteiger partial charge in [0.05, 0.1) is 0 Å². The largest absolute Gasteiger partial charge is 0.306 e. The van der Waals surface area contributed by atoms with E-state index < -0.39 is 0 Å². The Morgan fingerprint density at radius 2 is 1.82 bits per heavy atom. The summed E-state index contributed by atoms with van der Waals surface area (Å²) in [5, 5.41) is 7.41. The molecule has 22 heavy (non-hydrogen) atoms. The van der Waals surface area contributed by atoms with Crippen LogP contribution in [0.5, 0.6) is 0 Å². The van der Waals surface area contributed by atoms with E-state index in [1.165, 1.54) is 12.1 Å². The van der Waals surface area contributed by atoms with Crippen LogP contribution in [0.15, 0.2) is 55.0 Å². The first-order valence-electron chi connectivity index (χ1n) is 6.96. The molecule has 1 aromatic carbocycles. The van der Waals surface area contributed by atoms with Crippen molar-refractivity contribution in [1.82, 2.24) is 19.6 Å². The Kier molecular flexibility index (Phi) is 2.79. The number of halogens is 1. The second-order valence-corrected chi connectivity index (χ2v) is 5.19. The zero-order valence-electron chi connectivity index (χ0n) is 11.9. The third-order valence-corrected chi connectivity index (χ3v) is 3.74. The first-order chi connectivity index (χ1) is 10.7. The fourth-order valence-corrected chi connectivity index (χ4v) is 2.67. The Morgan fingerprint density at radius 3 is 2.64 bits per heavy atom. The molecule has 0 radical (unpaired) electrons. The molecule has 0 saturated heterocycles. The zero-order chi connectivity index (χ0) is 15.1. The lowest BCUT2D eigenvalue weighted by Gasteiger charge is -2.06. The fourth-order valence-electron chi connectivity index (χ4n) is 2.67. The molecule has 1 N–H and O–H groups in total. The van der Waals surface area contributed by atoms with Gasteiger partial charge in [-0.15, -0.1) is 0 Å². The van der Waals surface area contributed by atoms with Crippen LogP contribution < -0.4 is 0 Å². The molecular weight excluding hydrogens is 279 g/mol. The van der Waals surface area contributed by atoms with Gasteiger partial charge in [0, 0.05) is 41.0 Å². The van der Waals surface area contributed by atoms with Gasteiger partial charge in [-0.25, -0.2) is 9.37 Å². The maximum absolute atomic E-state index is 13.1. The predicted molar refractivity (Wildman–Crippen MR) is 82.9 cm³/mol. The van der Waals surface area contributed by atoms with Crippen LogP contribution in [0.3, 0.4) is 0 Å². The van der Waals surface area contributed by atoms with Crippen LogP contribution >= 0.6 is 0 Å². The number of pyridine rings is 1. The Morgan fingerprint density at radius 1 is 1.05 bits per heavy atom. The molecule has 0 unspecified atom stereocenters. The van der Waals surface area contributed by atoms with Crippen LogP contribution in [-0.2, 0) is 0 Å². The maximum atomic E-state index is 13.1.